The first-order valence-corrected chi connectivity index (χ1v) is 8.72. The number of nitrogens with zero attached hydrogens (tertiary/aromatic N) is 3. The molecule has 0 bridgehead atoms. The minimum absolute atomic E-state index is 0.777. The van der Waals surface area contributed by atoms with Crippen LogP contribution in [0.25, 0.3) is 0 Å². The molecule has 2 aliphatic heterocycles. The molecule has 2 fully saturated rings. The van der Waals surface area contributed by atoms with Crippen molar-refractivity contribution >= 4 is 11.6 Å². The molecule has 2 aliphatic rings. The summed E-state index contributed by atoms with van der Waals surface area (Å²) in [6.45, 7) is 6.64. The minimum atomic E-state index is 0.777. The van der Waals surface area contributed by atoms with E-state index in [9.17, 15) is 0 Å². The fraction of sp³-hybridized carbons (Fsp3) is 0.812. The number of hydrogen-bond acceptors (Lipinski definition) is 3. The summed E-state index contributed by atoms with van der Waals surface area (Å²) in [4.78, 5) is 2.54. The minimum Gasteiger partial charge on any atom is -0.314 e. The van der Waals surface area contributed by atoms with Gasteiger partial charge in [-0.25, -0.2) is 0 Å². The summed E-state index contributed by atoms with van der Waals surface area (Å²) < 4.78 is 1.96. The highest BCUT2D eigenvalue weighted by atomic mass is 35.5. The van der Waals surface area contributed by atoms with E-state index < -0.39 is 0 Å². The first-order chi connectivity index (χ1) is 10.2. The molecule has 3 heterocycles. The Balaban J connectivity index is 1.56. The van der Waals surface area contributed by atoms with Crippen molar-refractivity contribution in [3.8, 4) is 0 Å². The monoisotopic (exact) mass is 310 g/mol. The number of nitrogens with one attached hydrogen (secondary N) is 1. The topological polar surface area (TPSA) is 33.1 Å². The van der Waals surface area contributed by atoms with Crippen molar-refractivity contribution in [1.29, 1.82) is 0 Å². The average molecular weight is 311 g/mol. The van der Waals surface area contributed by atoms with Gasteiger partial charge in [-0.2, -0.15) is 5.10 Å². The Morgan fingerprint density at radius 2 is 2.05 bits per heavy atom. The summed E-state index contributed by atoms with van der Waals surface area (Å²) >= 11 is 6.46. The van der Waals surface area contributed by atoms with Gasteiger partial charge < -0.3 is 5.32 Å². The van der Waals surface area contributed by atoms with Crippen LogP contribution >= 0.6 is 11.6 Å². The summed E-state index contributed by atoms with van der Waals surface area (Å²) in [7, 11) is 2.01. The van der Waals surface area contributed by atoms with E-state index in [0.29, 0.717) is 0 Å². The molecule has 0 aromatic carbocycles. The third-order valence-electron chi connectivity index (χ3n) is 5.18. The van der Waals surface area contributed by atoms with Crippen LogP contribution in [-0.2, 0) is 20.0 Å². The molecule has 2 saturated heterocycles. The molecule has 0 radical (unpaired) electrons. The number of piperidine rings is 1. The van der Waals surface area contributed by atoms with E-state index in [1.54, 1.807) is 0 Å². The van der Waals surface area contributed by atoms with Crippen molar-refractivity contribution in [2.24, 2.45) is 13.0 Å². The molecule has 1 aromatic heterocycles. The second-order valence-electron chi connectivity index (χ2n) is 6.50. The number of aromatic nitrogens is 2. The van der Waals surface area contributed by atoms with Crippen molar-refractivity contribution in [2.75, 3.05) is 19.6 Å². The van der Waals surface area contributed by atoms with Gasteiger partial charge in [-0.3, -0.25) is 9.58 Å². The highest BCUT2D eigenvalue weighted by Crippen LogP contribution is 2.28. The van der Waals surface area contributed by atoms with Crippen LogP contribution in [0.3, 0.4) is 0 Å². The first-order valence-electron chi connectivity index (χ1n) is 8.35. The van der Waals surface area contributed by atoms with Crippen LogP contribution in [-0.4, -0.2) is 40.4 Å². The molecule has 0 aliphatic carbocycles. The highest BCUT2D eigenvalue weighted by molar-refractivity contribution is 6.31. The van der Waals surface area contributed by atoms with Gasteiger partial charge in [0.2, 0.25) is 0 Å². The standard InChI is InChI=1S/C16H27ClN4/c1-3-13-16(17)15(20(2)19-13)11-21-9-6-12(7-10-21)14-5-4-8-18-14/h12,14,18H,3-11H2,1-2H3. The molecule has 1 aromatic rings. The van der Waals surface area contributed by atoms with Crippen LogP contribution in [0.15, 0.2) is 0 Å². The molecule has 3 rings (SSSR count). The van der Waals surface area contributed by atoms with Crippen molar-refractivity contribution < 1.29 is 0 Å². The maximum absolute atomic E-state index is 6.46. The maximum Gasteiger partial charge on any atom is 0.0863 e. The van der Waals surface area contributed by atoms with Gasteiger partial charge in [-0.15, -0.1) is 0 Å². The summed E-state index contributed by atoms with van der Waals surface area (Å²) in [5, 5.41) is 9.06. The Morgan fingerprint density at radius 3 is 2.62 bits per heavy atom. The van der Waals surface area contributed by atoms with Gasteiger partial charge in [0.15, 0.2) is 0 Å². The van der Waals surface area contributed by atoms with Crippen molar-refractivity contribution in [3.05, 3.63) is 16.4 Å². The van der Waals surface area contributed by atoms with Crippen molar-refractivity contribution in [3.63, 3.8) is 0 Å². The molecule has 1 unspecified atom stereocenters. The van der Waals surface area contributed by atoms with Crippen LogP contribution in [0.5, 0.6) is 0 Å². The van der Waals surface area contributed by atoms with Gasteiger partial charge in [0, 0.05) is 19.6 Å². The summed E-state index contributed by atoms with van der Waals surface area (Å²) in [6.07, 6.45) is 6.26. The SMILES string of the molecule is CCc1nn(C)c(CN2CCC(C3CCCN3)CC2)c1Cl. The average Bonchev–Trinajstić information content (AvgIpc) is 3.12. The van der Waals surface area contributed by atoms with Crippen LogP contribution in [0.4, 0.5) is 0 Å². The zero-order valence-electron chi connectivity index (χ0n) is 13.2. The van der Waals surface area contributed by atoms with E-state index in [2.05, 4.69) is 22.2 Å². The van der Waals surface area contributed by atoms with Gasteiger partial charge in [-0.05, 0) is 57.7 Å². The normalized spacial score (nSPS) is 24.8. The maximum atomic E-state index is 6.46. The van der Waals surface area contributed by atoms with Gasteiger partial charge in [0.05, 0.1) is 16.4 Å². The number of halogens is 1. The molecule has 21 heavy (non-hydrogen) atoms. The fourth-order valence-electron chi connectivity index (χ4n) is 3.83. The van der Waals surface area contributed by atoms with Gasteiger partial charge >= 0.3 is 0 Å². The van der Waals surface area contributed by atoms with Crippen LogP contribution in [0.1, 0.15) is 44.0 Å². The Kier molecular flexibility index (Phi) is 4.87. The van der Waals surface area contributed by atoms with Crippen molar-refractivity contribution in [2.45, 2.75) is 51.6 Å². The summed E-state index contributed by atoms with van der Waals surface area (Å²) in [6, 6.07) is 0.777. The van der Waals surface area contributed by atoms with E-state index in [0.717, 1.165) is 35.6 Å². The van der Waals surface area contributed by atoms with E-state index >= 15 is 0 Å². The smallest absolute Gasteiger partial charge is 0.0863 e. The van der Waals surface area contributed by atoms with Crippen LogP contribution in [0.2, 0.25) is 5.02 Å². The van der Waals surface area contributed by atoms with Crippen LogP contribution in [0, 0.1) is 5.92 Å². The fourth-order valence-corrected chi connectivity index (χ4v) is 4.18. The predicted molar refractivity (Wildman–Crippen MR) is 86.6 cm³/mol. The third kappa shape index (κ3) is 3.27. The molecule has 0 amide bonds. The lowest BCUT2D eigenvalue weighted by molar-refractivity contribution is 0.154. The quantitative estimate of drug-likeness (QED) is 0.928. The van der Waals surface area contributed by atoms with E-state index in [1.165, 1.54) is 51.0 Å². The highest BCUT2D eigenvalue weighted by Gasteiger charge is 2.29. The van der Waals surface area contributed by atoms with Gasteiger partial charge in [-0.1, -0.05) is 18.5 Å². The number of aryl methyl sites for hydroxylation is 2. The molecule has 1 N–H and O–H groups in total. The molecule has 0 spiro atoms. The lowest BCUT2D eigenvalue weighted by Gasteiger charge is -2.34. The Morgan fingerprint density at radius 1 is 1.29 bits per heavy atom. The molecule has 0 saturated carbocycles. The number of hydrogen-bond donors (Lipinski definition) is 1. The molecule has 1 atom stereocenters. The lowest BCUT2D eigenvalue weighted by Crippen LogP contribution is -2.40. The van der Waals surface area contributed by atoms with E-state index in [-0.39, 0.29) is 0 Å². The number of likely N-dealkylation sites (tertiary alicyclic amines) is 1. The third-order valence-corrected chi connectivity index (χ3v) is 5.61. The Labute approximate surface area is 132 Å². The molecular formula is C16H27ClN4. The summed E-state index contributed by atoms with van der Waals surface area (Å²) in [5.41, 5.74) is 2.20. The largest absolute Gasteiger partial charge is 0.314 e. The Bertz CT molecular complexity index is 471. The molecule has 118 valence electrons. The van der Waals surface area contributed by atoms with Crippen LogP contribution < -0.4 is 5.32 Å². The lowest BCUT2D eigenvalue weighted by atomic mass is 9.88. The molecular weight excluding hydrogens is 284 g/mol. The Hall–Kier alpha value is -0.580. The van der Waals surface area contributed by atoms with E-state index in [4.69, 9.17) is 11.6 Å². The zero-order valence-corrected chi connectivity index (χ0v) is 14.0. The zero-order chi connectivity index (χ0) is 14.8. The first kappa shape index (κ1) is 15.3. The second-order valence-corrected chi connectivity index (χ2v) is 6.88. The van der Waals surface area contributed by atoms with E-state index in [1.807, 2.05) is 11.7 Å². The number of rotatable bonds is 4. The van der Waals surface area contributed by atoms with Crippen molar-refractivity contribution in [1.82, 2.24) is 20.0 Å². The second kappa shape index (κ2) is 6.67. The molecule has 5 heteroatoms. The molecule has 4 nitrogen and oxygen atoms in total. The van der Waals surface area contributed by atoms with Gasteiger partial charge in [0.1, 0.15) is 0 Å². The van der Waals surface area contributed by atoms with Gasteiger partial charge in [0.25, 0.3) is 0 Å². The summed E-state index contributed by atoms with van der Waals surface area (Å²) in [5.74, 6) is 0.872. The predicted octanol–water partition coefficient (Wildman–Crippen LogP) is 2.60.